The highest BCUT2D eigenvalue weighted by Gasteiger charge is 2.22. The molecule has 0 radical (unpaired) electrons. The summed E-state index contributed by atoms with van der Waals surface area (Å²) in [5.74, 6) is 1.61. The number of amides is 2. The Morgan fingerprint density at radius 3 is 2.81 bits per heavy atom. The number of primary amides is 1. The van der Waals surface area contributed by atoms with Gasteiger partial charge in [-0.2, -0.15) is 0 Å². The second kappa shape index (κ2) is 7.34. The summed E-state index contributed by atoms with van der Waals surface area (Å²) in [5, 5.41) is 6.22. The van der Waals surface area contributed by atoms with Gasteiger partial charge in [-0.05, 0) is 49.3 Å². The first-order valence-electron chi connectivity index (χ1n) is 7.96. The highest BCUT2D eigenvalue weighted by molar-refractivity contribution is 5.88. The number of anilines is 2. The Kier molecular flexibility index (Phi) is 5.48. The van der Waals surface area contributed by atoms with E-state index in [1.807, 2.05) is 24.3 Å². The number of carbonyl (C=O) groups excluding carboxylic acids is 1. The molecular weight excluding hydrogens is 262 g/mol. The van der Waals surface area contributed by atoms with E-state index in [1.54, 1.807) is 0 Å². The van der Waals surface area contributed by atoms with Gasteiger partial charge in [0.2, 0.25) is 0 Å². The van der Waals surface area contributed by atoms with Gasteiger partial charge in [0, 0.05) is 17.4 Å². The Morgan fingerprint density at radius 1 is 1.33 bits per heavy atom. The molecule has 0 saturated heterocycles. The highest BCUT2D eigenvalue weighted by atomic mass is 16.2. The Labute approximate surface area is 127 Å². The van der Waals surface area contributed by atoms with Gasteiger partial charge in [-0.1, -0.05) is 32.8 Å². The fourth-order valence-electron chi connectivity index (χ4n) is 3.37. The second-order valence-corrected chi connectivity index (χ2v) is 6.57. The molecule has 1 aromatic rings. The van der Waals surface area contributed by atoms with E-state index < -0.39 is 6.03 Å². The van der Waals surface area contributed by atoms with Gasteiger partial charge in [-0.25, -0.2) is 4.79 Å². The Balaban J connectivity index is 1.93. The van der Waals surface area contributed by atoms with Crippen LogP contribution in [0.1, 0.15) is 46.0 Å². The third kappa shape index (κ3) is 5.29. The van der Waals surface area contributed by atoms with Crippen molar-refractivity contribution < 1.29 is 4.79 Å². The molecule has 0 spiro atoms. The van der Waals surface area contributed by atoms with Crippen molar-refractivity contribution in [3.05, 3.63) is 24.3 Å². The molecule has 1 aliphatic rings. The largest absolute Gasteiger partial charge is 0.382 e. The van der Waals surface area contributed by atoms with Crippen molar-refractivity contribution in [2.45, 2.75) is 52.0 Å². The molecule has 2 atom stereocenters. The van der Waals surface area contributed by atoms with Crippen LogP contribution in [0, 0.1) is 11.8 Å². The highest BCUT2D eigenvalue weighted by Crippen LogP contribution is 2.31. The number of hydrogen-bond acceptors (Lipinski definition) is 2. The Morgan fingerprint density at radius 2 is 2.10 bits per heavy atom. The zero-order valence-electron chi connectivity index (χ0n) is 13.1. The van der Waals surface area contributed by atoms with Crippen molar-refractivity contribution >= 4 is 17.4 Å². The van der Waals surface area contributed by atoms with Crippen molar-refractivity contribution in [1.29, 1.82) is 0 Å². The smallest absolute Gasteiger partial charge is 0.316 e. The molecule has 116 valence electrons. The van der Waals surface area contributed by atoms with Crippen LogP contribution in [-0.4, -0.2) is 12.1 Å². The lowest BCUT2D eigenvalue weighted by atomic mass is 9.81. The summed E-state index contributed by atoms with van der Waals surface area (Å²) in [6.07, 6.45) is 6.45. The van der Waals surface area contributed by atoms with Crippen molar-refractivity contribution in [3.8, 4) is 0 Å². The minimum Gasteiger partial charge on any atom is -0.382 e. The lowest BCUT2D eigenvalue weighted by molar-refractivity contribution is 0.259. The molecule has 0 aromatic heterocycles. The van der Waals surface area contributed by atoms with Crippen LogP contribution in [0.2, 0.25) is 0 Å². The summed E-state index contributed by atoms with van der Waals surface area (Å²) >= 11 is 0. The van der Waals surface area contributed by atoms with Gasteiger partial charge in [0.05, 0.1) is 0 Å². The third-order valence-corrected chi connectivity index (χ3v) is 4.09. The summed E-state index contributed by atoms with van der Waals surface area (Å²) in [6.45, 7) is 4.60. The average molecular weight is 289 g/mol. The molecular formula is C17H27N3O. The van der Waals surface area contributed by atoms with E-state index >= 15 is 0 Å². The topological polar surface area (TPSA) is 67.2 Å². The molecule has 2 amide bonds. The second-order valence-electron chi connectivity index (χ2n) is 6.57. The van der Waals surface area contributed by atoms with Crippen LogP contribution >= 0.6 is 0 Å². The van der Waals surface area contributed by atoms with Crippen molar-refractivity contribution in [3.63, 3.8) is 0 Å². The first kappa shape index (κ1) is 15.7. The molecule has 0 bridgehead atoms. The maximum Gasteiger partial charge on any atom is 0.316 e. The van der Waals surface area contributed by atoms with Crippen molar-refractivity contribution in [2.24, 2.45) is 17.6 Å². The summed E-state index contributed by atoms with van der Waals surface area (Å²) in [5.41, 5.74) is 6.94. The number of benzene rings is 1. The van der Waals surface area contributed by atoms with Gasteiger partial charge in [0.1, 0.15) is 0 Å². The Hall–Kier alpha value is -1.71. The molecule has 0 heterocycles. The monoisotopic (exact) mass is 289 g/mol. The lowest BCUT2D eigenvalue weighted by Crippen LogP contribution is -2.28. The fourth-order valence-corrected chi connectivity index (χ4v) is 3.37. The van der Waals surface area contributed by atoms with E-state index in [0.717, 1.165) is 23.2 Å². The number of nitrogens with two attached hydrogens (primary N) is 1. The zero-order valence-corrected chi connectivity index (χ0v) is 13.1. The number of rotatable bonds is 5. The van der Waals surface area contributed by atoms with Gasteiger partial charge < -0.3 is 16.4 Å². The zero-order chi connectivity index (χ0) is 15.2. The van der Waals surface area contributed by atoms with Crippen LogP contribution in [-0.2, 0) is 0 Å². The molecule has 2 rings (SSSR count). The van der Waals surface area contributed by atoms with E-state index in [0.29, 0.717) is 6.04 Å². The first-order valence-corrected chi connectivity index (χ1v) is 7.96. The molecule has 1 aliphatic carbocycles. The normalized spacial score (nSPS) is 22.0. The molecule has 4 heteroatoms. The molecule has 0 aliphatic heterocycles. The third-order valence-electron chi connectivity index (χ3n) is 4.09. The number of nitrogens with one attached hydrogen (secondary N) is 2. The van der Waals surface area contributed by atoms with Crippen LogP contribution in [0.3, 0.4) is 0 Å². The number of urea groups is 1. The SMILES string of the molecule is CC(C)CC1CCCC(Nc2cccc(NC(N)=O)c2)C1. The quantitative estimate of drug-likeness (QED) is 0.760. The summed E-state index contributed by atoms with van der Waals surface area (Å²) < 4.78 is 0. The minimum absolute atomic E-state index is 0.526. The Bertz CT molecular complexity index is 473. The minimum atomic E-state index is -0.526. The molecule has 2 unspecified atom stereocenters. The summed E-state index contributed by atoms with van der Waals surface area (Å²) in [6, 6.07) is 7.77. The standard InChI is InChI=1S/C17H27N3O/c1-12(2)9-13-5-3-6-14(10-13)19-15-7-4-8-16(11-15)20-17(18)21/h4,7-8,11-14,19H,3,5-6,9-10H2,1-2H3,(H3,18,20,21). The summed E-state index contributed by atoms with van der Waals surface area (Å²) in [7, 11) is 0. The average Bonchev–Trinajstić information content (AvgIpc) is 2.37. The van der Waals surface area contributed by atoms with Gasteiger partial charge >= 0.3 is 6.03 Å². The van der Waals surface area contributed by atoms with E-state index in [4.69, 9.17) is 5.73 Å². The van der Waals surface area contributed by atoms with Crippen LogP contribution in [0.25, 0.3) is 0 Å². The lowest BCUT2D eigenvalue weighted by Gasteiger charge is -2.31. The predicted octanol–water partition coefficient (Wildman–Crippen LogP) is 4.19. The molecule has 1 aromatic carbocycles. The fraction of sp³-hybridized carbons (Fsp3) is 0.588. The van der Waals surface area contributed by atoms with Gasteiger partial charge in [-0.3, -0.25) is 0 Å². The molecule has 4 nitrogen and oxygen atoms in total. The van der Waals surface area contributed by atoms with Gasteiger partial charge in [0.25, 0.3) is 0 Å². The molecule has 4 N–H and O–H groups in total. The van der Waals surface area contributed by atoms with E-state index in [9.17, 15) is 4.79 Å². The van der Waals surface area contributed by atoms with Crippen LogP contribution < -0.4 is 16.4 Å². The van der Waals surface area contributed by atoms with Crippen LogP contribution in [0.4, 0.5) is 16.2 Å². The van der Waals surface area contributed by atoms with Crippen LogP contribution in [0.15, 0.2) is 24.3 Å². The van der Waals surface area contributed by atoms with Crippen molar-refractivity contribution in [1.82, 2.24) is 0 Å². The van der Waals surface area contributed by atoms with Crippen LogP contribution in [0.5, 0.6) is 0 Å². The molecule has 1 saturated carbocycles. The number of hydrogen-bond donors (Lipinski definition) is 3. The predicted molar refractivity (Wildman–Crippen MR) is 88.5 cm³/mol. The van der Waals surface area contributed by atoms with E-state index in [2.05, 4.69) is 24.5 Å². The van der Waals surface area contributed by atoms with Gasteiger partial charge in [0.15, 0.2) is 0 Å². The maximum absolute atomic E-state index is 10.9. The van der Waals surface area contributed by atoms with Crippen molar-refractivity contribution in [2.75, 3.05) is 10.6 Å². The maximum atomic E-state index is 10.9. The first-order chi connectivity index (χ1) is 10.0. The summed E-state index contributed by atoms with van der Waals surface area (Å²) in [4.78, 5) is 10.9. The van der Waals surface area contributed by atoms with E-state index in [1.165, 1.54) is 32.1 Å². The van der Waals surface area contributed by atoms with E-state index in [-0.39, 0.29) is 0 Å². The number of carbonyl (C=O) groups is 1. The molecule has 21 heavy (non-hydrogen) atoms. The van der Waals surface area contributed by atoms with Gasteiger partial charge in [-0.15, -0.1) is 0 Å². The molecule has 1 fully saturated rings.